The van der Waals surface area contributed by atoms with Crippen molar-refractivity contribution < 1.29 is 9.90 Å². The normalized spacial score (nSPS) is 9.70. The Kier molecular flexibility index (Phi) is 1.37. The van der Waals surface area contributed by atoms with Gasteiger partial charge in [-0.05, 0) is 6.07 Å². The molecule has 3 N–H and O–H groups in total. The molecule has 1 aromatic rings. The zero-order chi connectivity index (χ0) is 7.72. The second-order valence-electron chi connectivity index (χ2n) is 2.03. The summed E-state index contributed by atoms with van der Waals surface area (Å²) in [5.41, 5.74) is 5.54. The van der Waals surface area contributed by atoms with Gasteiger partial charge in [0.15, 0.2) is 0 Å². The van der Waals surface area contributed by atoms with Crippen LogP contribution in [-0.4, -0.2) is 15.6 Å². The van der Waals surface area contributed by atoms with Crippen molar-refractivity contribution in [1.82, 2.24) is 4.57 Å². The second kappa shape index (κ2) is 2.06. The first-order valence-electron chi connectivity index (χ1n) is 2.77. The highest BCUT2D eigenvalue weighted by molar-refractivity contribution is 5.92. The summed E-state index contributed by atoms with van der Waals surface area (Å²) in [6.07, 6.45) is 1.61. The standard InChI is InChI=1S/C6H8N2O2/c1-8-3-2-4(5(8)7)6(9)10/h2-3H,7H2,1H3,(H,9,10). The molecule has 0 aromatic carbocycles. The van der Waals surface area contributed by atoms with E-state index < -0.39 is 5.97 Å². The van der Waals surface area contributed by atoms with E-state index in [0.29, 0.717) is 0 Å². The van der Waals surface area contributed by atoms with E-state index in [4.69, 9.17) is 10.8 Å². The van der Waals surface area contributed by atoms with E-state index in [2.05, 4.69) is 0 Å². The van der Waals surface area contributed by atoms with Crippen LogP contribution in [-0.2, 0) is 7.05 Å². The van der Waals surface area contributed by atoms with E-state index in [1.165, 1.54) is 6.07 Å². The quantitative estimate of drug-likeness (QED) is 0.589. The van der Waals surface area contributed by atoms with Gasteiger partial charge in [0.1, 0.15) is 11.4 Å². The van der Waals surface area contributed by atoms with Crippen LogP contribution in [0, 0.1) is 0 Å². The molecule has 54 valence electrons. The Bertz CT molecular complexity index is 265. The predicted molar refractivity (Wildman–Crippen MR) is 36.8 cm³/mol. The van der Waals surface area contributed by atoms with Gasteiger partial charge in [0.25, 0.3) is 0 Å². The van der Waals surface area contributed by atoms with Crippen LogP contribution in [0.3, 0.4) is 0 Å². The molecule has 0 aliphatic rings. The average molecular weight is 140 g/mol. The van der Waals surface area contributed by atoms with Crippen molar-refractivity contribution in [3.8, 4) is 0 Å². The first-order chi connectivity index (χ1) is 4.63. The summed E-state index contributed by atoms with van der Waals surface area (Å²) in [6.45, 7) is 0. The molecule has 1 rings (SSSR count). The SMILES string of the molecule is Cn1ccc(C(=O)O)c1N. The first kappa shape index (κ1) is 6.67. The van der Waals surface area contributed by atoms with Crippen LogP contribution in [0.2, 0.25) is 0 Å². The van der Waals surface area contributed by atoms with Gasteiger partial charge in [-0.2, -0.15) is 0 Å². The summed E-state index contributed by atoms with van der Waals surface area (Å²) in [7, 11) is 1.70. The van der Waals surface area contributed by atoms with E-state index in [-0.39, 0.29) is 11.4 Å². The summed E-state index contributed by atoms with van der Waals surface area (Å²) in [5.74, 6) is -0.703. The van der Waals surface area contributed by atoms with Gasteiger partial charge in [0, 0.05) is 13.2 Å². The molecule has 1 aromatic heterocycles. The molecule has 0 radical (unpaired) electrons. The Morgan fingerprint density at radius 3 is 2.60 bits per heavy atom. The molecule has 0 aliphatic heterocycles. The summed E-state index contributed by atoms with van der Waals surface area (Å²) in [6, 6.07) is 1.47. The van der Waals surface area contributed by atoms with Gasteiger partial charge < -0.3 is 15.4 Å². The molecule has 0 aliphatic carbocycles. The van der Waals surface area contributed by atoms with E-state index >= 15 is 0 Å². The molecule has 0 unspecified atom stereocenters. The smallest absolute Gasteiger partial charge is 0.339 e. The van der Waals surface area contributed by atoms with Gasteiger partial charge in [-0.15, -0.1) is 0 Å². The number of nitrogen functional groups attached to an aromatic ring is 1. The Balaban J connectivity index is 3.17. The second-order valence-corrected chi connectivity index (χ2v) is 2.03. The van der Waals surface area contributed by atoms with Crippen molar-refractivity contribution in [1.29, 1.82) is 0 Å². The predicted octanol–water partition coefficient (Wildman–Crippen LogP) is 0.306. The number of aryl methyl sites for hydroxylation is 1. The van der Waals surface area contributed by atoms with E-state index in [0.717, 1.165) is 0 Å². The number of carboxylic acids is 1. The van der Waals surface area contributed by atoms with Crippen LogP contribution in [0.25, 0.3) is 0 Å². The number of aromatic nitrogens is 1. The number of hydrogen-bond donors (Lipinski definition) is 2. The number of rotatable bonds is 1. The molecule has 0 fully saturated rings. The number of nitrogens with two attached hydrogens (primary N) is 1. The highest BCUT2D eigenvalue weighted by atomic mass is 16.4. The van der Waals surface area contributed by atoms with Crippen LogP contribution in [0.5, 0.6) is 0 Å². The molecule has 0 bridgehead atoms. The number of nitrogens with zero attached hydrogens (tertiary/aromatic N) is 1. The minimum Gasteiger partial charge on any atom is -0.478 e. The highest BCUT2D eigenvalue weighted by Gasteiger charge is 2.08. The topological polar surface area (TPSA) is 68.2 Å². The van der Waals surface area contributed by atoms with Crippen LogP contribution < -0.4 is 5.73 Å². The molecule has 10 heavy (non-hydrogen) atoms. The molecule has 0 saturated heterocycles. The van der Waals surface area contributed by atoms with E-state index in [1.807, 2.05) is 0 Å². The lowest BCUT2D eigenvalue weighted by Gasteiger charge is -1.95. The van der Waals surface area contributed by atoms with Crippen LogP contribution >= 0.6 is 0 Å². The molecular weight excluding hydrogens is 132 g/mol. The highest BCUT2D eigenvalue weighted by Crippen LogP contribution is 2.10. The zero-order valence-electron chi connectivity index (χ0n) is 5.53. The molecule has 4 heteroatoms. The monoisotopic (exact) mass is 140 g/mol. The van der Waals surface area contributed by atoms with Crippen molar-refractivity contribution >= 4 is 11.8 Å². The summed E-state index contributed by atoms with van der Waals surface area (Å²) in [4.78, 5) is 10.3. The molecule has 0 atom stereocenters. The molecule has 0 saturated carbocycles. The van der Waals surface area contributed by atoms with Crippen molar-refractivity contribution in [2.45, 2.75) is 0 Å². The fourth-order valence-electron chi connectivity index (χ4n) is 0.723. The van der Waals surface area contributed by atoms with Crippen molar-refractivity contribution in [3.05, 3.63) is 17.8 Å². The third-order valence-corrected chi connectivity index (χ3v) is 1.35. The van der Waals surface area contributed by atoms with Crippen LogP contribution in [0.4, 0.5) is 5.82 Å². The van der Waals surface area contributed by atoms with Gasteiger partial charge in [-0.3, -0.25) is 0 Å². The number of carboxylic acid groups (broad SMARTS) is 1. The lowest BCUT2D eigenvalue weighted by molar-refractivity contribution is 0.0698. The number of aromatic carboxylic acids is 1. The fourth-order valence-corrected chi connectivity index (χ4v) is 0.723. The zero-order valence-corrected chi connectivity index (χ0v) is 5.53. The van der Waals surface area contributed by atoms with Gasteiger partial charge in [0.05, 0.1) is 0 Å². The van der Waals surface area contributed by atoms with E-state index in [1.54, 1.807) is 17.8 Å². The first-order valence-corrected chi connectivity index (χ1v) is 2.77. The van der Waals surface area contributed by atoms with Gasteiger partial charge in [-0.25, -0.2) is 4.79 Å². The molecular formula is C6H8N2O2. The summed E-state index contributed by atoms with van der Waals surface area (Å²) < 4.78 is 1.56. The average Bonchev–Trinajstić information content (AvgIpc) is 2.14. The molecule has 4 nitrogen and oxygen atoms in total. The van der Waals surface area contributed by atoms with Crippen molar-refractivity contribution in [2.24, 2.45) is 7.05 Å². The number of hydrogen-bond acceptors (Lipinski definition) is 2. The van der Waals surface area contributed by atoms with E-state index in [9.17, 15) is 4.79 Å². The number of carbonyl (C=O) groups is 1. The van der Waals surface area contributed by atoms with Crippen LogP contribution in [0.1, 0.15) is 10.4 Å². The molecule has 0 spiro atoms. The minimum absolute atomic E-state index is 0.155. The summed E-state index contributed by atoms with van der Waals surface area (Å²) in [5, 5.41) is 8.49. The van der Waals surface area contributed by atoms with Crippen molar-refractivity contribution in [3.63, 3.8) is 0 Å². The molecule has 0 amide bonds. The maximum Gasteiger partial charge on any atom is 0.339 e. The minimum atomic E-state index is -0.988. The van der Waals surface area contributed by atoms with Gasteiger partial charge in [0.2, 0.25) is 0 Å². The Morgan fingerprint density at radius 2 is 2.40 bits per heavy atom. The van der Waals surface area contributed by atoms with Crippen molar-refractivity contribution in [2.75, 3.05) is 5.73 Å². The van der Waals surface area contributed by atoms with Crippen LogP contribution in [0.15, 0.2) is 12.3 Å². The van der Waals surface area contributed by atoms with Gasteiger partial charge in [-0.1, -0.05) is 0 Å². The Hall–Kier alpha value is -1.45. The summed E-state index contributed by atoms with van der Waals surface area (Å²) >= 11 is 0. The number of anilines is 1. The Morgan fingerprint density at radius 1 is 1.80 bits per heavy atom. The fraction of sp³-hybridized carbons (Fsp3) is 0.167. The largest absolute Gasteiger partial charge is 0.478 e. The maximum atomic E-state index is 10.3. The third-order valence-electron chi connectivity index (χ3n) is 1.35. The third kappa shape index (κ3) is 0.834. The van der Waals surface area contributed by atoms with Gasteiger partial charge >= 0.3 is 5.97 Å². The lowest BCUT2D eigenvalue weighted by atomic mass is 10.3. The lowest BCUT2D eigenvalue weighted by Crippen LogP contribution is -2.02. The Labute approximate surface area is 57.9 Å². The maximum absolute atomic E-state index is 10.3. The molecule has 1 heterocycles.